The lowest BCUT2D eigenvalue weighted by Crippen LogP contribution is -2.05. The fourth-order valence-electron chi connectivity index (χ4n) is 3.41. The summed E-state index contributed by atoms with van der Waals surface area (Å²) in [6.07, 6.45) is 0. The number of hydrogen-bond acceptors (Lipinski definition) is 9. The van der Waals surface area contributed by atoms with E-state index >= 15 is 0 Å². The summed E-state index contributed by atoms with van der Waals surface area (Å²) in [6, 6.07) is 12.0. The van der Waals surface area contributed by atoms with Crippen molar-refractivity contribution in [3.8, 4) is 17.2 Å². The lowest BCUT2D eigenvalue weighted by molar-refractivity contribution is 0.103. The van der Waals surface area contributed by atoms with Crippen LogP contribution in [0.25, 0.3) is 9.40 Å². The second-order valence-electron chi connectivity index (χ2n) is 6.79. The van der Waals surface area contributed by atoms with Crippen molar-refractivity contribution in [1.29, 1.82) is 0 Å². The minimum atomic E-state index is -0.300. The van der Waals surface area contributed by atoms with Gasteiger partial charge in [0.05, 0.1) is 42.1 Å². The summed E-state index contributed by atoms with van der Waals surface area (Å²) in [7, 11) is 4.45. The van der Waals surface area contributed by atoms with Gasteiger partial charge in [-0.3, -0.25) is 9.59 Å². The number of carbonyl (C=O) groups is 2. The Labute approximate surface area is 192 Å². The minimum absolute atomic E-state index is 0.173. The highest BCUT2D eigenvalue weighted by molar-refractivity contribution is 7.40. The number of benzene rings is 2. The van der Waals surface area contributed by atoms with Gasteiger partial charge in [0.1, 0.15) is 9.75 Å². The molecule has 32 heavy (non-hydrogen) atoms. The number of thiophene rings is 2. The van der Waals surface area contributed by atoms with Crippen LogP contribution in [-0.2, 0) is 0 Å². The smallest absolute Gasteiger partial charge is 0.205 e. The van der Waals surface area contributed by atoms with Crippen LogP contribution in [0.5, 0.6) is 17.2 Å². The van der Waals surface area contributed by atoms with Crippen LogP contribution in [0.15, 0.2) is 42.5 Å². The van der Waals surface area contributed by atoms with E-state index < -0.39 is 0 Å². The fraction of sp³-hybridized carbons (Fsp3) is 0.130. The molecule has 2 aromatic carbocycles. The normalized spacial score (nSPS) is 10.8. The largest absolute Gasteiger partial charge is 0.493 e. The SMILES string of the molecule is COc1cc(C(=O)c2sc3sc(C(=O)c4ccccc4)c(N)c3c2N)cc(OC)c1OC. The molecule has 7 nitrogen and oxygen atoms in total. The van der Waals surface area contributed by atoms with Crippen molar-refractivity contribution in [2.75, 3.05) is 32.8 Å². The first-order valence-electron chi connectivity index (χ1n) is 9.45. The zero-order valence-electron chi connectivity index (χ0n) is 17.6. The van der Waals surface area contributed by atoms with Crippen molar-refractivity contribution in [3.63, 3.8) is 0 Å². The molecule has 0 saturated carbocycles. The van der Waals surface area contributed by atoms with Crippen LogP contribution < -0.4 is 25.7 Å². The Balaban J connectivity index is 1.77. The van der Waals surface area contributed by atoms with Crippen molar-refractivity contribution in [1.82, 2.24) is 0 Å². The van der Waals surface area contributed by atoms with Crippen LogP contribution in [0.1, 0.15) is 30.5 Å². The average molecular weight is 469 g/mol. The van der Waals surface area contributed by atoms with E-state index in [0.717, 1.165) is 4.01 Å². The maximum Gasteiger partial charge on any atom is 0.205 e. The van der Waals surface area contributed by atoms with Gasteiger partial charge in [0, 0.05) is 11.1 Å². The Morgan fingerprint density at radius 1 is 0.750 bits per heavy atom. The molecule has 0 saturated heterocycles. The first-order valence-corrected chi connectivity index (χ1v) is 11.1. The van der Waals surface area contributed by atoms with Gasteiger partial charge in [0.15, 0.2) is 11.5 Å². The molecule has 2 aromatic heterocycles. The van der Waals surface area contributed by atoms with Crippen LogP contribution in [0, 0.1) is 0 Å². The Kier molecular flexibility index (Phi) is 5.77. The number of anilines is 2. The van der Waals surface area contributed by atoms with E-state index in [9.17, 15) is 9.59 Å². The predicted octanol–water partition coefficient (Wildman–Crippen LogP) is 4.62. The molecular formula is C23H20N2O5S2. The van der Waals surface area contributed by atoms with Gasteiger partial charge in [-0.05, 0) is 12.1 Å². The van der Waals surface area contributed by atoms with Crippen LogP contribution in [-0.4, -0.2) is 32.9 Å². The van der Waals surface area contributed by atoms with Crippen LogP contribution in [0.3, 0.4) is 0 Å². The molecule has 0 aliphatic carbocycles. The molecule has 0 amide bonds. The van der Waals surface area contributed by atoms with Gasteiger partial charge >= 0.3 is 0 Å². The first-order chi connectivity index (χ1) is 15.4. The summed E-state index contributed by atoms with van der Waals surface area (Å²) >= 11 is 2.45. The van der Waals surface area contributed by atoms with Crippen molar-refractivity contribution < 1.29 is 23.8 Å². The molecule has 0 unspecified atom stereocenters. The van der Waals surface area contributed by atoms with Gasteiger partial charge < -0.3 is 25.7 Å². The maximum atomic E-state index is 13.3. The Morgan fingerprint density at radius 3 is 1.69 bits per heavy atom. The van der Waals surface area contributed by atoms with Crippen LogP contribution in [0.4, 0.5) is 11.4 Å². The van der Waals surface area contributed by atoms with E-state index in [-0.39, 0.29) is 22.9 Å². The van der Waals surface area contributed by atoms with Gasteiger partial charge in [0.2, 0.25) is 17.3 Å². The van der Waals surface area contributed by atoms with Crippen molar-refractivity contribution in [2.45, 2.75) is 0 Å². The minimum Gasteiger partial charge on any atom is -0.493 e. The second kappa shape index (κ2) is 8.52. The molecule has 0 bridgehead atoms. The van der Waals surface area contributed by atoms with Gasteiger partial charge in [-0.25, -0.2) is 0 Å². The number of nitrogen functional groups attached to an aromatic ring is 2. The van der Waals surface area contributed by atoms with Crippen LogP contribution in [0.2, 0.25) is 0 Å². The Morgan fingerprint density at radius 2 is 1.25 bits per heavy atom. The summed E-state index contributed by atoms with van der Waals surface area (Å²) in [5, 5.41) is 0.537. The Bertz CT molecular complexity index is 1320. The van der Waals surface area contributed by atoms with Crippen molar-refractivity contribution >= 4 is 55.0 Å². The average Bonchev–Trinajstić information content (AvgIpc) is 3.33. The van der Waals surface area contributed by atoms with Crippen molar-refractivity contribution in [3.05, 3.63) is 63.3 Å². The van der Waals surface area contributed by atoms with E-state index in [1.807, 2.05) is 6.07 Å². The molecule has 0 fully saturated rings. The summed E-state index contributed by atoms with van der Waals surface area (Å²) in [5.74, 6) is 0.642. The molecule has 0 radical (unpaired) electrons. The second-order valence-corrected chi connectivity index (χ2v) is 9.09. The highest BCUT2D eigenvalue weighted by Crippen LogP contribution is 2.46. The van der Waals surface area contributed by atoms with E-state index in [4.69, 9.17) is 25.7 Å². The molecule has 9 heteroatoms. The highest BCUT2D eigenvalue weighted by atomic mass is 32.2. The molecule has 4 N–H and O–H groups in total. The lowest BCUT2D eigenvalue weighted by atomic mass is 10.1. The third-order valence-corrected chi connectivity index (χ3v) is 7.49. The number of ketones is 2. The molecule has 0 aliphatic heterocycles. The lowest BCUT2D eigenvalue weighted by Gasteiger charge is -2.13. The van der Waals surface area contributed by atoms with Gasteiger partial charge in [-0.1, -0.05) is 30.3 Å². The van der Waals surface area contributed by atoms with Crippen molar-refractivity contribution in [2.24, 2.45) is 0 Å². The molecule has 0 atom stereocenters. The number of nitrogens with two attached hydrogens (primary N) is 2. The number of carbonyl (C=O) groups excluding carboxylic acids is 2. The highest BCUT2D eigenvalue weighted by Gasteiger charge is 2.27. The van der Waals surface area contributed by atoms with Gasteiger partial charge in [-0.15, -0.1) is 22.7 Å². The summed E-state index contributed by atoms with van der Waals surface area (Å²) in [4.78, 5) is 26.9. The predicted molar refractivity (Wildman–Crippen MR) is 128 cm³/mol. The molecule has 4 rings (SSSR count). The topological polar surface area (TPSA) is 114 Å². The molecule has 0 aliphatic rings. The molecule has 164 valence electrons. The number of ether oxygens (including phenoxy) is 3. The fourth-order valence-corrected chi connectivity index (χ4v) is 5.94. The third kappa shape index (κ3) is 3.45. The van der Waals surface area contributed by atoms with E-state index in [1.165, 1.54) is 44.0 Å². The summed E-state index contributed by atoms with van der Waals surface area (Å²) in [6.45, 7) is 0. The third-order valence-electron chi connectivity index (χ3n) is 5.00. The van der Waals surface area contributed by atoms with Gasteiger partial charge in [0.25, 0.3) is 0 Å². The number of fused-ring (bicyclic) bond motifs is 1. The molecule has 4 aromatic rings. The van der Waals surface area contributed by atoms with E-state index in [2.05, 4.69) is 0 Å². The monoisotopic (exact) mass is 468 g/mol. The number of methoxy groups -OCH3 is 3. The number of rotatable bonds is 7. The first kappa shape index (κ1) is 21.7. The van der Waals surface area contributed by atoms with E-state index in [0.29, 0.717) is 43.5 Å². The van der Waals surface area contributed by atoms with Crippen LogP contribution >= 0.6 is 22.7 Å². The quantitative estimate of drug-likeness (QED) is 0.381. The summed E-state index contributed by atoms with van der Waals surface area (Å²) < 4.78 is 16.7. The molecule has 2 heterocycles. The molecular weight excluding hydrogens is 448 g/mol. The molecule has 0 spiro atoms. The van der Waals surface area contributed by atoms with E-state index in [1.54, 1.807) is 36.4 Å². The Hall–Kier alpha value is -3.56. The summed E-state index contributed by atoms with van der Waals surface area (Å²) in [5.41, 5.74) is 14.1. The standard InChI is InChI=1S/C23H20N2O5S2/c1-28-13-9-12(10-14(29-2)20(13)30-3)19(27)22-17(25)15-16(24)21(31-23(15)32-22)18(26)11-7-5-4-6-8-11/h4-10H,24-25H2,1-3H3. The maximum absolute atomic E-state index is 13.3. The zero-order valence-corrected chi connectivity index (χ0v) is 19.2. The van der Waals surface area contributed by atoms with Gasteiger partial charge in [-0.2, -0.15) is 0 Å². The number of hydrogen-bond donors (Lipinski definition) is 2. The zero-order chi connectivity index (χ0) is 23.0.